The van der Waals surface area contributed by atoms with Gasteiger partial charge in [0.2, 0.25) is 5.91 Å². The molecule has 144 valence electrons. The lowest BCUT2D eigenvalue weighted by molar-refractivity contribution is -0.386. The second-order valence-electron chi connectivity index (χ2n) is 6.27. The highest BCUT2D eigenvalue weighted by atomic mass is 16.6. The van der Waals surface area contributed by atoms with E-state index in [0.29, 0.717) is 17.4 Å². The average Bonchev–Trinajstić information content (AvgIpc) is 3.26. The Hall–Kier alpha value is -3.31. The lowest BCUT2D eigenvalue weighted by Crippen LogP contribution is -2.36. The van der Waals surface area contributed by atoms with Crippen molar-refractivity contribution in [2.24, 2.45) is 0 Å². The average molecular weight is 377 g/mol. The molecule has 2 heterocycles. The van der Waals surface area contributed by atoms with Crippen molar-refractivity contribution >= 4 is 17.5 Å². The lowest BCUT2D eigenvalue weighted by Gasteiger charge is -2.06. The molecule has 2 aromatic rings. The van der Waals surface area contributed by atoms with Gasteiger partial charge in [-0.25, -0.2) is 0 Å². The van der Waals surface area contributed by atoms with E-state index >= 15 is 0 Å². The van der Waals surface area contributed by atoms with Gasteiger partial charge in [-0.3, -0.25) is 24.4 Å². The number of aryl methyl sites for hydroxylation is 1. The van der Waals surface area contributed by atoms with Crippen molar-refractivity contribution < 1.29 is 19.0 Å². The van der Waals surface area contributed by atoms with Crippen molar-refractivity contribution in [1.29, 1.82) is 0 Å². The van der Waals surface area contributed by atoms with Crippen LogP contribution in [0.3, 0.4) is 0 Å². The fraction of sp³-hybridized carbons (Fsp3) is 0.533. The van der Waals surface area contributed by atoms with Crippen molar-refractivity contribution in [3.05, 3.63) is 33.2 Å². The number of hydrogen-bond donors (Lipinski definition) is 2. The molecule has 1 aliphatic carbocycles. The number of rotatable bonds is 8. The van der Waals surface area contributed by atoms with Crippen LogP contribution in [0.5, 0.6) is 0 Å². The zero-order valence-electron chi connectivity index (χ0n) is 14.9. The van der Waals surface area contributed by atoms with Crippen molar-refractivity contribution in [3.63, 3.8) is 0 Å². The van der Waals surface area contributed by atoms with Gasteiger partial charge in [-0.2, -0.15) is 10.1 Å². The third kappa shape index (κ3) is 4.27. The van der Waals surface area contributed by atoms with Crippen LogP contribution in [-0.4, -0.2) is 49.7 Å². The first kappa shape index (κ1) is 18.5. The summed E-state index contributed by atoms with van der Waals surface area (Å²) in [6.07, 6.45) is 2.01. The quantitative estimate of drug-likeness (QED) is 0.375. The van der Waals surface area contributed by atoms with Gasteiger partial charge in [0.15, 0.2) is 5.82 Å². The minimum absolute atomic E-state index is 0.0970. The van der Waals surface area contributed by atoms with E-state index in [1.165, 1.54) is 18.5 Å². The van der Waals surface area contributed by atoms with Gasteiger partial charge in [0.25, 0.3) is 0 Å². The minimum atomic E-state index is -0.520. The molecular weight excluding hydrogens is 358 g/mol. The summed E-state index contributed by atoms with van der Waals surface area (Å²) in [5.41, 5.74) is 0.465. The molecule has 12 nitrogen and oxygen atoms in total. The lowest BCUT2D eigenvalue weighted by atomic mass is 10.3. The second kappa shape index (κ2) is 7.51. The number of carbonyl (C=O) groups is 2. The van der Waals surface area contributed by atoms with Gasteiger partial charge in [-0.05, 0) is 26.7 Å². The monoisotopic (exact) mass is 377 g/mol. The molecule has 0 aliphatic heterocycles. The molecule has 0 bridgehead atoms. The van der Waals surface area contributed by atoms with Crippen LogP contribution < -0.4 is 10.6 Å². The highest BCUT2D eigenvalue weighted by Gasteiger charge is 2.30. The van der Waals surface area contributed by atoms with Gasteiger partial charge in [0.1, 0.15) is 17.9 Å². The first-order valence-corrected chi connectivity index (χ1v) is 8.43. The van der Waals surface area contributed by atoms with E-state index < -0.39 is 10.8 Å². The maximum atomic E-state index is 12.0. The van der Waals surface area contributed by atoms with Crippen LogP contribution in [-0.2, 0) is 11.3 Å². The van der Waals surface area contributed by atoms with E-state index in [4.69, 9.17) is 4.52 Å². The molecule has 12 heteroatoms. The van der Waals surface area contributed by atoms with Crippen LogP contribution in [0.25, 0.3) is 0 Å². The summed E-state index contributed by atoms with van der Waals surface area (Å²) in [5.74, 6) is -0.137. The Kier molecular flexibility index (Phi) is 5.14. The summed E-state index contributed by atoms with van der Waals surface area (Å²) in [5, 5.41) is 23.9. The van der Waals surface area contributed by atoms with Gasteiger partial charge in [-0.15, -0.1) is 0 Å². The van der Waals surface area contributed by atoms with E-state index in [-0.39, 0.29) is 42.8 Å². The standard InChI is InChI=1S/C15H19N7O5/c1-8-12(22(25)26)9(2)21(19-8)7-11(23)16-5-6-17-14(24)15-18-13(20-27-15)10-3-4-10/h10H,3-7H2,1-2H3,(H,16,23)(H,17,24). The zero-order chi connectivity index (χ0) is 19.6. The van der Waals surface area contributed by atoms with E-state index in [1.807, 2.05) is 0 Å². The third-order valence-corrected chi connectivity index (χ3v) is 4.13. The Morgan fingerprint density at radius 1 is 1.30 bits per heavy atom. The van der Waals surface area contributed by atoms with Gasteiger partial charge in [0, 0.05) is 19.0 Å². The van der Waals surface area contributed by atoms with Gasteiger partial charge in [-0.1, -0.05) is 5.16 Å². The van der Waals surface area contributed by atoms with E-state index in [0.717, 1.165) is 12.8 Å². The van der Waals surface area contributed by atoms with E-state index in [1.54, 1.807) is 0 Å². The summed E-state index contributed by atoms with van der Waals surface area (Å²) in [6.45, 7) is 3.24. The Labute approximate surface area is 153 Å². The summed E-state index contributed by atoms with van der Waals surface area (Å²) in [7, 11) is 0. The molecule has 2 aromatic heterocycles. The molecule has 0 radical (unpaired) electrons. The number of carbonyl (C=O) groups excluding carboxylic acids is 2. The Morgan fingerprint density at radius 2 is 2.00 bits per heavy atom. The predicted molar refractivity (Wildman–Crippen MR) is 90.0 cm³/mol. The molecule has 0 unspecified atom stereocenters. The molecule has 1 fully saturated rings. The van der Waals surface area contributed by atoms with Crippen LogP contribution in [0, 0.1) is 24.0 Å². The Morgan fingerprint density at radius 3 is 2.63 bits per heavy atom. The minimum Gasteiger partial charge on any atom is -0.353 e. The zero-order valence-corrected chi connectivity index (χ0v) is 14.9. The number of nitrogens with zero attached hydrogens (tertiary/aromatic N) is 5. The highest BCUT2D eigenvalue weighted by molar-refractivity contribution is 5.89. The molecule has 2 N–H and O–H groups in total. The molecule has 1 aliphatic rings. The summed E-state index contributed by atoms with van der Waals surface area (Å²) in [4.78, 5) is 38.3. The van der Waals surface area contributed by atoms with E-state index in [9.17, 15) is 19.7 Å². The second-order valence-corrected chi connectivity index (χ2v) is 6.27. The Balaban J connectivity index is 1.42. The number of aromatic nitrogens is 4. The van der Waals surface area contributed by atoms with Crippen molar-refractivity contribution in [2.75, 3.05) is 13.1 Å². The predicted octanol–water partition coefficient (Wildman–Crippen LogP) is 0.215. The number of amides is 2. The third-order valence-electron chi connectivity index (χ3n) is 4.13. The van der Waals surface area contributed by atoms with Crippen LogP contribution >= 0.6 is 0 Å². The molecule has 27 heavy (non-hydrogen) atoms. The summed E-state index contributed by atoms with van der Waals surface area (Å²) < 4.78 is 6.18. The van der Waals surface area contributed by atoms with Crippen LogP contribution in [0.15, 0.2) is 4.52 Å². The molecule has 3 rings (SSSR count). The van der Waals surface area contributed by atoms with Crippen molar-refractivity contribution in [1.82, 2.24) is 30.6 Å². The molecule has 1 saturated carbocycles. The van der Waals surface area contributed by atoms with Crippen LogP contribution in [0.1, 0.15) is 46.7 Å². The first-order valence-electron chi connectivity index (χ1n) is 8.43. The van der Waals surface area contributed by atoms with Gasteiger partial charge < -0.3 is 15.2 Å². The fourth-order valence-electron chi connectivity index (χ4n) is 2.59. The normalized spacial score (nSPS) is 13.4. The molecule has 0 atom stereocenters. The van der Waals surface area contributed by atoms with E-state index in [2.05, 4.69) is 25.9 Å². The largest absolute Gasteiger partial charge is 0.353 e. The molecule has 0 saturated heterocycles. The highest BCUT2D eigenvalue weighted by Crippen LogP contribution is 2.38. The van der Waals surface area contributed by atoms with Gasteiger partial charge >= 0.3 is 17.5 Å². The maximum absolute atomic E-state index is 12.0. The van der Waals surface area contributed by atoms with Crippen LogP contribution in [0.4, 0.5) is 5.69 Å². The molecular formula is C15H19N7O5. The first-order chi connectivity index (χ1) is 12.9. The smallest absolute Gasteiger partial charge is 0.315 e. The molecule has 2 amide bonds. The molecule has 0 spiro atoms. The molecule has 0 aromatic carbocycles. The fourth-order valence-corrected chi connectivity index (χ4v) is 2.59. The topological polar surface area (TPSA) is 158 Å². The number of hydrogen-bond acceptors (Lipinski definition) is 8. The number of nitro groups is 1. The van der Waals surface area contributed by atoms with Crippen molar-refractivity contribution in [3.8, 4) is 0 Å². The SMILES string of the molecule is Cc1nn(CC(=O)NCCNC(=O)c2nc(C3CC3)no2)c(C)c1[N+](=O)[O-]. The summed E-state index contributed by atoms with van der Waals surface area (Å²) >= 11 is 0. The van der Waals surface area contributed by atoms with Crippen molar-refractivity contribution in [2.45, 2.75) is 39.2 Å². The Bertz CT molecular complexity index is 883. The maximum Gasteiger partial charge on any atom is 0.315 e. The summed E-state index contributed by atoms with van der Waals surface area (Å²) in [6, 6.07) is 0. The van der Waals surface area contributed by atoms with Crippen LogP contribution in [0.2, 0.25) is 0 Å². The van der Waals surface area contributed by atoms with Gasteiger partial charge in [0.05, 0.1) is 4.92 Å². The number of nitrogens with one attached hydrogen (secondary N) is 2.